The second-order valence-corrected chi connectivity index (χ2v) is 10.7. The molecule has 0 saturated heterocycles. The lowest BCUT2D eigenvalue weighted by molar-refractivity contribution is 0.414. The van der Waals surface area contributed by atoms with E-state index in [1.807, 2.05) is 66.1 Å². The molecule has 36 heavy (non-hydrogen) atoms. The molecule has 0 amide bonds. The number of benzene rings is 3. The molecule has 0 bridgehead atoms. The number of thioether (sulfide) groups is 1. The lowest BCUT2D eigenvalue weighted by Gasteiger charge is -2.19. The molecule has 0 fully saturated rings. The van der Waals surface area contributed by atoms with Crippen LogP contribution in [0.2, 0.25) is 0 Å². The summed E-state index contributed by atoms with van der Waals surface area (Å²) in [5.41, 5.74) is 2.02. The highest BCUT2D eigenvalue weighted by Crippen LogP contribution is 2.28. The number of aromatic nitrogens is 3. The molecule has 0 spiro atoms. The van der Waals surface area contributed by atoms with Crippen LogP contribution in [0.25, 0.3) is 0 Å². The maximum Gasteiger partial charge on any atom is 0.241 e. The van der Waals surface area contributed by atoms with Gasteiger partial charge in [0.2, 0.25) is 10.0 Å². The van der Waals surface area contributed by atoms with Crippen molar-refractivity contribution in [3.05, 3.63) is 102 Å². The summed E-state index contributed by atoms with van der Waals surface area (Å²) in [4.78, 5) is -0.0165. The third-order valence-electron chi connectivity index (χ3n) is 5.58. The van der Waals surface area contributed by atoms with E-state index in [2.05, 4.69) is 14.9 Å². The quantitative estimate of drug-likeness (QED) is 0.277. The lowest BCUT2D eigenvalue weighted by Crippen LogP contribution is -2.32. The van der Waals surface area contributed by atoms with E-state index < -0.39 is 21.9 Å². The number of rotatable bonds is 11. The molecule has 0 saturated carbocycles. The molecule has 0 aliphatic rings. The molecule has 0 aliphatic carbocycles. The molecule has 1 heterocycles. The summed E-state index contributed by atoms with van der Waals surface area (Å²) in [6.45, 7) is 2.53. The Morgan fingerprint density at radius 3 is 2.42 bits per heavy atom. The number of ether oxygens (including phenoxy) is 1. The Balaban J connectivity index is 1.63. The number of hydrogen-bond acceptors (Lipinski definition) is 6. The molecular formula is C26H27FN4O3S2. The van der Waals surface area contributed by atoms with Crippen LogP contribution < -0.4 is 9.46 Å². The molecular weight excluding hydrogens is 499 g/mol. The van der Waals surface area contributed by atoms with Gasteiger partial charge in [-0.05, 0) is 60.9 Å². The van der Waals surface area contributed by atoms with Gasteiger partial charge in [0.25, 0.3) is 0 Å². The predicted octanol–water partition coefficient (Wildman–Crippen LogP) is 5.00. The highest BCUT2D eigenvalue weighted by atomic mass is 32.2. The first-order valence-electron chi connectivity index (χ1n) is 11.4. The first-order valence-corrected chi connectivity index (χ1v) is 13.9. The molecule has 0 aliphatic heterocycles. The van der Waals surface area contributed by atoms with Crippen LogP contribution in [0.15, 0.2) is 88.9 Å². The molecule has 0 radical (unpaired) electrons. The zero-order valence-electron chi connectivity index (χ0n) is 20.0. The molecule has 1 aromatic heterocycles. The van der Waals surface area contributed by atoms with E-state index in [-0.39, 0.29) is 4.90 Å². The van der Waals surface area contributed by atoms with E-state index in [0.29, 0.717) is 29.7 Å². The van der Waals surface area contributed by atoms with Crippen molar-refractivity contribution in [1.29, 1.82) is 0 Å². The second-order valence-electron chi connectivity index (χ2n) is 8.04. The summed E-state index contributed by atoms with van der Waals surface area (Å²) >= 11 is 1.52. The zero-order valence-corrected chi connectivity index (χ0v) is 21.6. The van der Waals surface area contributed by atoms with E-state index in [4.69, 9.17) is 4.74 Å². The minimum atomic E-state index is -3.94. The van der Waals surface area contributed by atoms with Crippen LogP contribution in [-0.2, 0) is 28.7 Å². The van der Waals surface area contributed by atoms with Gasteiger partial charge in [-0.1, -0.05) is 54.2 Å². The van der Waals surface area contributed by atoms with Gasteiger partial charge >= 0.3 is 0 Å². The van der Waals surface area contributed by atoms with Gasteiger partial charge in [0.05, 0.1) is 18.0 Å². The molecule has 4 rings (SSSR count). The standard InChI is InChI=1S/C26H27FN4O3S2/c1-3-31-25(28-29-26(31)35-18-20-10-7-11-22(16-20)34-2)24(17-19-8-5-4-6-9-19)30-36(32,33)23-14-12-21(27)13-15-23/h4-16,24,30H,3,17-18H2,1-2H3/t24-/m0/s1. The Morgan fingerprint density at radius 2 is 1.72 bits per heavy atom. The van der Waals surface area contributed by atoms with Gasteiger partial charge in [0.15, 0.2) is 11.0 Å². The number of halogens is 1. The molecule has 3 aromatic carbocycles. The van der Waals surface area contributed by atoms with Crippen LogP contribution in [0.1, 0.15) is 29.9 Å². The van der Waals surface area contributed by atoms with Crippen LogP contribution in [0, 0.1) is 5.82 Å². The number of sulfonamides is 1. The average Bonchev–Trinajstić information content (AvgIpc) is 3.31. The summed E-state index contributed by atoms with van der Waals surface area (Å²) < 4.78 is 49.8. The topological polar surface area (TPSA) is 86.1 Å². The Morgan fingerprint density at radius 1 is 1.00 bits per heavy atom. The van der Waals surface area contributed by atoms with Gasteiger partial charge in [-0.2, -0.15) is 0 Å². The summed E-state index contributed by atoms with van der Waals surface area (Å²) in [5, 5.41) is 9.47. The molecule has 4 aromatic rings. The third kappa shape index (κ3) is 6.31. The molecule has 188 valence electrons. The average molecular weight is 527 g/mol. The van der Waals surface area contributed by atoms with Crippen LogP contribution in [-0.4, -0.2) is 30.3 Å². The van der Waals surface area contributed by atoms with E-state index in [9.17, 15) is 12.8 Å². The minimum Gasteiger partial charge on any atom is -0.497 e. The van der Waals surface area contributed by atoms with Crippen molar-refractivity contribution >= 4 is 21.8 Å². The fourth-order valence-corrected chi connectivity index (χ4v) is 5.92. The molecule has 1 N–H and O–H groups in total. The second kappa shape index (κ2) is 11.7. The Bertz CT molecular complexity index is 1390. The Hall–Kier alpha value is -3.21. The first kappa shape index (κ1) is 25.9. The van der Waals surface area contributed by atoms with Gasteiger partial charge in [0.1, 0.15) is 11.6 Å². The lowest BCUT2D eigenvalue weighted by atomic mass is 10.1. The van der Waals surface area contributed by atoms with Crippen molar-refractivity contribution < 1.29 is 17.5 Å². The highest BCUT2D eigenvalue weighted by Gasteiger charge is 2.27. The summed E-state index contributed by atoms with van der Waals surface area (Å²) in [6.07, 6.45) is 0.375. The van der Waals surface area contributed by atoms with Crippen LogP contribution >= 0.6 is 11.8 Å². The van der Waals surface area contributed by atoms with Crippen molar-refractivity contribution in [2.45, 2.75) is 41.7 Å². The minimum absolute atomic E-state index is 0.0165. The van der Waals surface area contributed by atoms with Crippen molar-refractivity contribution in [1.82, 2.24) is 19.5 Å². The first-order chi connectivity index (χ1) is 17.4. The molecule has 10 heteroatoms. The maximum absolute atomic E-state index is 13.4. The SMILES string of the molecule is CCn1c(SCc2cccc(OC)c2)nnc1[C@H](Cc1ccccc1)NS(=O)(=O)c1ccc(F)cc1. The van der Waals surface area contributed by atoms with Gasteiger partial charge in [-0.25, -0.2) is 17.5 Å². The number of methoxy groups -OCH3 is 1. The van der Waals surface area contributed by atoms with Crippen LogP contribution in [0.4, 0.5) is 4.39 Å². The van der Waals surface area contributed by atoms with E-state index in [0.717, 1.165) is 29.0 Å². The smallest absolute Gasteiger partial charge is 0.241 e. The fourth-order valence-electron chi connectivity index (χ4n) is 3.78. The van der Waals surface area contributed by atoms with Crippen LogP contribution in [0.5, 0.6) is 5.75 Å². The Labute approximate surface area is 214 Å². The van der Waals surface area contributed by atoms with E-state index in [1.54, 1.807) is 7.11 Å². The van der Waals surface area contributed by atoms with Gasteiger partial charge in [0, 0.05) is 12.3 Å². The monoisotopic (exact) mass is 526 g/mol. The van der Waals surface area contributed by atoms with Crippen molar-refractivity contribution in [3.63, 3.8) is 0 Å². The zero-order chi connectivity index (χ0) is 25.5. The van der Waals surface area contributed by atoms with E-state index in [1.165, 1.54) is 23.9 Å². The van der Waals surface area contributed by atoms with Gasteiger partial charge < -0.3 is 9.30 Å². The van der Waals surface area contributed by atoms with Crippen LogP contribution in [0.3, 0.4) is 0 Å². The highest BCUT2D eigenvalue weighted by molar-refractivity contribution is 7.98. The number of nitrogens with zero attached hydrogens (tertiary/aromatic N) is 3. The number of nitrogens with one attached hydrogen (secondary N) is 1. The van der Waals surface area contributed by atoms with Gasteiger partial charge in [-0.3, -0.25) is 0 Å². The van der Waals surface area contributed by atoms with E-state index >= 15 is 0 Å². The Kier molecular flexibility index (Phi) is 8.40. The summed E-state index contributed by atoms with van der Waals surface area (Å²) in [7, 11) is -2.31. The summed E-state index contributed by atoms with van der Waals surface area (Å²) in [5.74, 6) is 1.45. The normalized spacial score (nSPS) is 12.4. The van der Waals surface area contributed by atoms with Crippen molar-refractivity contribution in [3.8, 4) is 5.75 Å². The third-order valence-corrected chi connectivity index (χ3v) is 8.10. The predicted molar refractivity (Wildman–Crippen MR) is 138 cm³/mol. The molecule has 1 atom stereocenters. The van der Waals surface area contributed by atoms with Crippen molar-refractivity contribution in [2.75, 3.05) is 7.11 Å². The fraction of sp³-hybridized carbons (Fsp3) is 0.231. The van der Waals surface area contributed by atoms with Gasteiger partial charge in [-0.15, -0.1) is 10.2 Å². The maximum atomic E-state index is 13.4. The summed E-state index contributed by atoms with van der Waals surface area (Å²) in [6, 6.07) is 21.5. The van der Waals surface area contributed by atoms with Crippen molar-refractivity contribution in [2.24, 2.45) is 0 Å². The molecule has 7 nitrogen and oxygen atoms in total. The number of hydrogen-bond donors (Lipinski definition) is 1. The molecule has 0 unspecified atom stereocenters. The largest absolute Gasteiger partial charge is 0.497 e.